The Morgan fingerprint density at radius 3 is 2.35 bits per heavy atom. The van der Waals surface area contributed by atoms with Crippen LogP contribution in [-0.2, 0) is 19.8 Å². The van der Waals surface area contributed by atoms with Gasteiger partial charge in [-0.1, -0.05) is 25.0 Å². The third-order valence-corrected chi connectivity index (χ3v) is 4.28. The van der Waals surface area contributed by atoms with Crippen LogP contribution in [0.1, 0.15) is 37.7 Å². The molecule has 106 valence electrons. The third-order valence-electron chi connectivity index (χ3n) is 4.28. The molecule has 0 bridgehead atoms. The first-order valence-electron chi connectivity index (χ1n) is 6.93. The molecular weight excluding hydrogens is 258 g/mol. The molecule has 5 heteroatoms. The van der Waals surface area contributed by atoms with Crippen LogP contribution in [0.2, 0.25) is 0 Å². The highest BCUT2D eigenvalue weighted by atomic mass is 16.7. The largest absolute Gasteiger partial charge is 0.481 e. The van der Waals surface area contributed by atoms with Crippen molar-refractivity contribution in [3.63, 3.8) is 0 Å². The summed E-state index contributed by atoms with van der Waals surface area (Å²) >= 11 is 0. The van der Waals surface area contributed by atoms with Gasteiger partial charge in [-0.3, -0.25) is 14.4 Å². The number of amides is 1. The lowest BCUT2D eigenvalue weighted by atomic mass is 9.79. The quantitative estimate of drug-likeness (QED) is 0.918. The van der Waals surface area contributed by atoms with Gasteiger partial charge in [0.1, 0.15) is 0 Å². The van der Waals surface area contributed by atoms with Crippen LogP contribution < -0.4 is 5.06 Å². The Kier molecular flexibility index (Phi) is 3.22. The van der Waals surface area contributed by atoms with Gasteiger partial charge >= 0.3 is 5.97 Å². The van der Waals surface area contributed by atoms with Crippen LogP contribution in [0.15, 0.2) is 24.3 Å². The number of carboxylic acids is 1. The van der Waals surface area contributed by atoms with Crippen LogP contribution in [0, 0.1) is 0 Å². The lowest BCUT2D eigenvalue weighted by molar-refractivity contribution is -0.143. The molecule has 3 rings (SSSR count). The predicted octanol–water partition coefficient (Wildman–Crippen LogP) is 2.25. The van der Waals surface area contributed by atoms with E-state index in [0.717, 1.165) is 18.4 Å². The fraction of sp³-hybridized carbons (Fsp3) is 0.467. The molecule has 1 aliphatic heterocycles. The number of carboxylic acid groups (broad SMARTS) is 1. The third kappa shape index (κ3) is 1.98. The summed E-state index contributed by atoms with van der Waals surface area (Å²) in [6, 6.07) is 7.15. The lowest BCUT2D eigenvalue weighted by Gasteiger charge is -2.25. The molecule has 0 spiro atoms. The van der Waals surface area contributed by atoms with E-state index in [1.54, 1.807) is 12.1 Å². The highest BCUT2D eigenvalue weighted by Crippen LogP contribution is 2.41. The molecule has 1 amide bonds. The van der Waals surface area contributed by atoms with Crippen molar-refractivity contribution in [1.29, 1.82) is 0 Å². The van der Waals surface area contributed by atoms with Gasteiger partial charge in [0.05, 0.1) is 24.1 Å². The van der Waals surface area contributed by atoms with Gasteiger partial charge in [0.15, 0.2) is 0 Å². The van der Waals surface area contributed by atoms with E-state index in [0.29, 0.717) is 31.6 Å². The molecule has 2 aliphatic rings. The van der Waals surface area contributed by atoms with Gasteiger partial charge in [-0.05, 0) is 30.5 Å². The van der Waals surface area contributed by atoms with Gasteiger partial charge in [0.2, 0.25) is 0 Å². The van der Waals surface area contributed by atoms with E-state index in [9.17, 15) is 14.7 Å². The second-order valence-corrected chi connectivity index (χ2v) is 5.41. The molecule has 1 aromatic carbocycles. The van der Waals surface area contributed by atoms with Crippen molar-refractivity contribution in [1.82, 2.24) is 0 Å². The standard InChI is InChI=1S/C15H17NO4/c17-13-7-10-20-16(13)12-5-3-11(4-6-12)15(14(18)19)8-1-2-9-15/h3-6H,1-2,7-10H2,(H,18,19). The van der Waals surface area contributed by atoms with Crippen molar-refractivity contribution in [3.8, 4) is 0 Å². The van der Waals surface area contributed by atoms with Gasteiger partial charge in [0.25, 0.3) is 5.91 Å². The highest BCUT2D eigenvalue weighted by Gasteiger charge is 2.42. The number of carbonyl (C=O) groups is 2. The average Bonchev–Trinajstić information content (AvgIpc) is 3.08. The zero-order valence-corrected chi connectivity index (χ0v) is 11.2. The first-order valence-corrected chi connectivity index (χ1v) is 6.93. The van der Waals surface area contributed by atoms with E-state index in [1.807, 2.05) is 12.1 Å². The van der Waals surface area contributed by atoms with E-state index in [2.05, 4.69) is 0 Å². The molecule has 20 heavy (non-hydrogen) atoms. The van der Waals surface area contributed by atoms with E-state index in [-0.39, 0.29) is 5.91 Å². The number of nitrogens with zero attached hydrogens (tertiary/aromatic N) is 1. The Bertz CT molecular complexity index is 531. The molecule has 1 heterocycles. The number of hydrogen-bond acceptors (Lipinski definition) is 3. The van der Waals surface area contributed by atoms with Gasteiger partial charge in [-0.25, -0.2) is 0 Å². The second kappa shape index (κ2) is 4.90. The normalized spacial score (nSPS) is 21.4. The molecule has 1 aliphatic carbocycles. The average molecular weight is 275 g/mol. The Morgan fingerprint density at radius 1 is 1.20 bits per heavy atom. The predicted molar refractivity (Wildman–Crippen MR) is 72.3 cm³/mol. The van der Waals surface area contributed by atoms with Crippen LogP contribution >= 0.6 is 0 Å². The Hall–Kier alpha value is -1.88. The molecule has 0 radical (unpaired) electrons. The van der Waals surface area contributed by atoms with Crippen molar-refractivity contribution in [3.05, 3.63) is 29.8 Å². The molecule has 1 saturated heterocycles. The molecule has 1 aromatic rings. The van der Waals surface area contributed by atoms with Crippen LogP contribution in [0.25, 0.3) is 0 Å². The minimum atomic E-state index is -0.756. The number of hydrogen-bond donors (Lipinski definition) is 1. The first-order chi connectivity index (χ1) is 9.63. The van der Waals surface area contributed by atoms with Crippen LogP contribution in [-0.4, -0.2) is 23.6 Å². The number of aliphatic carboxylic acids is 1. The highest BCUT2D eigenvalue weighted by molar-refractivity contribution is 5.93. The lowest BCUT2D eigenvalue weighted by Crippen LogP contribution is -2.32. The number of benzene rings is 1. The minimum Gasteiger partial charge on any atom is -0.481 e. The fourth-order valence-electron chi connectivity index (χ4n) is 3.14. The fourth-order valence-corrected chi connectivity index (χ4v) is 3.14. The monoisotopic (exact) mass is 275 g/mol. The Morgan fingerprint density at radius 2 is 1.85 bits per heavy atom. The summed E-state index contributed by atoms with van der Waals surface area (Å²) in [6.45, 7) is 0.402. The van der Waals surface area contributed by atoms with Crippen molar-refractivity contribution >= 4 is 17.6 Å². The maximum atomic E-state index is 11.6. The van der Waals surface area contributed by atoms with Crippen molar-refractivity contribution in [2.75, 3.05) is 11.7 Å². The summed E-state index contributed by atoms with van der Waals surface area (Å²) in [5, 5.41) is 10.8. The van der Waals surface area contributed by atoms with Crippen LogP contribution in [0.4, 0.5) is 5.69 Å². The van der Waals surface area contributed by atoms with Crippen molar-refractivity contribution in [2.24, 2.45) is 0 Å². The molecule has 1 saturated carbocycles. The number of rotatable bonds is 3. The van der Waals surface area contributed by atoms with Gasteiger partial charge in [0, 0.05) is 0 Å². The summed E-state index contributed by atoms with van der Waals surface area (Å²) in [5.74, 6) is -0.817. The first kappa shape index (κ1) is 13.1. The van der Waals surface area contributed by atoms with Crippen molar-refractivity contribution < 1.29 is 19.5 Å². The smallest absolute Gasteiger partial charge is 0.314 e. The Labute approximate surface area is 117 Å². The Balaban J connectivity index is 1.89. The van der Waals surface area contributed by atoms with Gasteiger partial charge in [-0.15, -0.1) is 0 Å². The number of hydroxylamine groups is 1. The summed E-state index contributed by atoms with van der Waals surface area (Å²) in [4.78, 5) is 28.5. The summed E-state index contributed by atoms with van der Waals surface area (Å²) in [7, 11) is 0. The molecule has 2 fully saturated rings. The number of carbonyl (C=O) groups excluding carboxylic acids is 1. The van der Waals surface area contributed by atoms with E-state index >= 15 is 0 Å². The molecule has 0 unspecified atom stereocenters. The minimum absolute atomic E-state index is 0.0634. The summed E-state index contributed by atoms with van der Waals surface area (Å²) in [5.41, 5.74) is 0.724. The number of anilines is 1. The molecule has 5 nitrogen and oxygen atoms in total. The van der Waals surface area contributed by atoms with Gasteiger partial charge < -0.3 is 5.11 Å². The topological polar surface area (TPSA) is 66.8 Å². The zero-order chi connectivity index (χ0) is 14.2. The summed E-state index contributed by atoms with van der Waals surface area (Å²) < 4.78 is 0. The van der Waals surface area contributed by atoms with Crippen molar-refractivity contribution in [2.45, 2.75) is 37.5 Å². The molecular formula is C15H17NO4. The molecule has 0 aromatic heterocycles. The molecule has 1 N–H and O–H groups in total. The van der Waals surface area contributed by atoms with Crippen LogP contribution in [0.3, 0.4) is 0 Å². The van der Waals surface area contributed by atoms with E-state index in [4.69, 9.17) is 4.84 Å². The van der Waals surface area contributed by atoms with E-state index < -0.39 is 11.4 Å². The maximum Gasteiger partial charge on any atom is 0.314 e. The van der Waals surface area contributed by atoms with Crippen LogP contribution in [0.5, 0.6) is 0 Å². The van der Waals surface area contributed by atoms with E-state index in [1.165, 1.54) is 5.06 Å². The van der Waals surface area contributed by atoms with Gasteiger partial charge in [-0.2, -0.15) is 5.06 Å². The molecule has 0 atom stereocenters. The second-order valence-electron chi connectivity index (χ2n) is 5.41. The SMILES string of the molecule is O=C1CCON1c1ccc(C2(C(=O)O)CCCC2)cc1. The zero-order valence-electron chi connectivity index (χ0n) is 11.2. The maximum absolute atomic E-state index is 11.6. The summed E-state index contributed by atoms with van der Waals surface area (Å²) in [6.07, 6.45) is 3.64.